The van der Waals surface area contributed by atoms with E-state index < -0.39 is 33.2 Å². The van der Waals surface area contributed by atoms with Crippen LogP contribution in [0.2, 0.25) is 0 Å². The molecule has 1 aliphatic rings. The maximum absolute atomic E-state index is 12.2. The summed E-state index contributed by atoms with van der Waals surface area (Å²) in [6.45, 7) is 0.654. The van der Waals surface area contributed by atoms with Crippen molar-refractivity contribution in [3.8, 4) is 5.75 Å². The van der Waals surface area contributed by atoms with Gasteiger partial charge in [0.2, 0.25) is 16.9 Å². The molecule has 2 N–H and O–H groups in total. The molecule has 1 saturated heterocycles. The van der Waals surface area contributed by atoms with Crippen molar-refractivity contribution in [2.75, 3.05) is 35.9 Å². The Labute approximate surface area is 171 Å². The van der Waals surface area contributed by atoms with Crippen molar-refractivity contribution in [1.82, 2.24) is 10.2 Å². The van der Waals surface area contributed by atoms with Crippen LogP contribution in [-0.4, -0.2) is 55.7 Å². The van der Waals surface area contributed by atoms with E-state index in [1.807, 2.05) is 0 Å². The zero-order valence-electron chi connectivity index (χ0n) is 15.6. The van der Waals surface area contributed by atoms with Gasteiger partial charge in [-0.05, 0) is 25.0 Å². The zero-order valence-corrected chi connectivity index (χ0v) is 17.2. The van der Waals surface area contributed by atoms with Gasteiger partial charge in [0.25, 0.3) is 0 Å². The number of nitrogens with zero attached hydrogens (tertiary/aromatic N) is 2. The lowest BCUT2D eigenvalue weighted by molar-refractivity contribution is -0.114. The quantitative estimate of drug-likeness (QED) is 0.628. The fourth-order valence-electron chi connectivity index (χ4n) is 2.73. The molecule has 2 aromatic rings. The Hall–Kier alpha value is -2.57. The van der Waals surface area contributed by atoms with Gasteiger partial charge in [0.1, 0.15) is 28.4 Å². The van der Waals surface area contributed by atoms with Crippen LogP contribution in [0.15, 0.2) is 24.3 Å². The standard InChI is InChI=1S/C17H20N4O6S2/c1-26-12-6-3-2-5-11(12)18-14(22)9-29(24,25)10-15(23)19-17-21-20-16(28-17)13-7-4-8-27-13/h2-3,5-6,13H,4,7-10H2,1H3,(H,18,22)(H,19,21,23). The Morgan fingerprint density at radius 1 is 1.21 bits per heavy atom. The molecule has 0 bridgehead atoms. The minimum atomic E-state index is -3.98. The summed E-state index contributed by atoms with van der Waals surface area (Å²) in [6, 6.07) is 6.60. The maximum atomic E-state index is 12.2. The van der Waals surface area contributed by atoms with Crippen molar-refractivity contribution in [1.29, 1.82) is 0 Å². The van der Waals surface area contributed by atoms with Crippen molar-refractivity contribution in [2.45, 2.75) is 18.9 Å². The molecule has 1 aromatic heterocycles. The van der Waals surface area contributed by atoms with Crippen LogP contribution < -0.4 is 15.4 Å². The molecule has 2 heterocycles. The van der Waals surface area contributed by atoms with Crippen LogP contribution in [0.25, 0.3) is 0 Å². The van der Waals surface area contributed by atoms with E-state index in [0.717, 1.165) is 24.2 Å². The minimum Gasteiger partial charge on any atom is -0.495 e. The molecule has 0 saturated carbocycles. The molecule has 2 amide bonds. The predicted octanol–water partition coefficient (Wildman–Crippen LogP) is 1.39. The summed E-state index contributed by atoms with van der Waals surface area (Å²) in [7, 11) is -2.55. The average molecular weight is 441 g/mol. The minimum absolute atomic E-state index is 0.138. The highest BCUT2D eigenvalue weighted by Gasteiger charge is 2.24. The number of ether oxygens (including phenoxy) is 2. The van der Waals surface area contributed by atoms with E-state index in [1.54, 1.807) is 24.3 Å². The largest absolute Gasteiger partial charge is 0.495 e. The van der Waals surface area contributed by atoms with Crippen LogP contribution >= 0.6 is 11.3 Å². The Morgan fingerprint density at radius 2 is 1.93 bits per heavy atom. The summed E-state index contributed by atoms with van der Waals surface area (Å²) >= 11 is 1.14. The molecule has 3 rings (SSSR count). The van der Waals surface area contributed by atoms with Gasteiger partial charge < -0.3 is 14.8 Å². The first kappa shape index (κ1) is 21.1. The van der Waals surface area contributed by atoms with Crippen LogP contribution in [0.3, 0.4) is 0 Å². The Morgan fingerprint density at radius 3 is 2.62 bits per heavy atom. The third-order valence-corrected chi connectivity index (χ3v) is 6.31. The van der Waals surface area contributed by atoms with Gasteiger partial charge in [-0.2, -0.15) is 0 Å². The summed E-state index contributed by atoms with van der Waals surface area (Å²) in [5, 5.41) is 13.5. The zero-order chi connectivity index (χ0) is 20.9. The van der Waals surface area contributed by atoms with Crippen LogP contribution in [0.5, 0.6) is 5.75 Å². The number of amides is 2. The SMILES string of the molecule is COc1ccccc1NC(=O)CS(=O)(=O)CC(=O)Nc1nnc(C2CCCO2)s1. The van der Waals surface area contributed by atoms with Gasteiger partial charge in [-0.3, -0.25) is 14.9 Å². The number of hydrogen-bond donors (Lipinski definition) is 2. The molecule has 1 unspecified atom stereocenters. The fourth-order valence-corrected chi connectivity index (χ4v) is 4.62. The highest BCUT2D eigenvalue weighted by atomic mass is 32.2. The van der Waals surface area contributed by atoms with Gasteiger partial charge in [-0.1, -0.05) is 23.5 Å². The molecule has 1 aliphatic heterocycles. The second-order valence-corrected chi connectivity index (χ2v) is 9.35. The monoisotopic (exact) mass is 440 g/mol. The molecular weight excluding hydrogens is 420 g/mol. The normalized spacial score (nSPS) is 16.4. The number of hydrogen-bond acceptors (Lipinski definition) is 9. The van der Waals surface area contributed by atoms with Crippen molar-refractivity contribution < 1.29 is 27.5 Å². The van der Waals surface area contributed by atoms with E-state index in [1.165, 1.54) is 7.11 Å². The Balaban J connectivity index is 1.53. The molecule has 1 aromatic carbocycles. The summed E-state index contributed by atoms with van der Waals surface area (Å²) in [5.41, 5.74) is 0.343. The number of para-hydroxylation sites is 2. The maximum Gasteiger partial charge on any atom is 0.241 e. The highest BCUT2D eigenvalue weighted by molar-refractivity contribution is 7.92. The molecule has 0 aliphatic carbocycles. The van der Waals surface area contributed by atoms with Gasteiger partial charge in [0.05, 0.1) is 12.8 Å². The first-order chi connectivity index (χ1) is 13.9. The van der Waals surface area contributed by atoms with E-state index in [0.29, 0.717) is 23.1 Å². The van der Waals surface area contributed by atoms with Crippen molar-refractivity contribution in [3.63, 3.8) is 0 Å². The first-order valence-electron chi connectivity index (χ1n) is 8.74. The van der Waals surface area contributed by atoms with Crippen LogP contribution in [0, 0.1) is 0 Å². The Bertz CT molecular complexity index is 985. The molecule has 156 valence electrons. The average Bonchev–Trinajstić information content (AvgIpc) is 3.32. The number of carbonyl (C=O) groups excluding carboxylic acids is 2. The number of anilines is 2. The number of carbonyl (C=O) groups is 2. The van der Waals surface area contributed by atoms with Crippen molar-refractivity contribution >= 4 is 43.8 Å². The number of benzene rings is 1. The van der Waals surface area contributed by atoms with E-state index in [4.69, 9.17) is 9.47 Å². The fraction of sp³-hybridized carbons (Fsp3) is 0.412. The van der Waals surface area contributed by atoms with Gasteiger partial charge in [0, 0.05) is 6.61 Å². The van der Waals surface area contributed by atoms with Gasteiger partial charge in [-0.15, -0.1) is 10.2 Å². The van der Waals surface area contributed by atoms with Crippen molar-refractivity contribution in [2.24, 2.45) is 0 Å². The summed E-state index contributed by atoms with van der Waals surface area (Å²) in [6.07, 6.45) is 1.62. The molecule has 12 heteroatoms. The number of sulfone groups is 1. The molecule has 10 nitrogen and oxygen atoms in total. The number of aromatic nitrogens is 2. The first-order valence-corrected chi connectivity index (χ1v) is 11.4. The van der Waals surface area contributed by atoms with Crippen LogP contribution in [0.1, 0.15) is 24.0 Å². The number of nitrogens with one attached hydrogen (secondary N) is 2. The molecule has 1 fully saturated rings. The third kappa shape index (κ3) is 5.95. The second kappa shape index (κ2) is 9.29. The van der Waals surface area contributed by atoms with Gasteiger partial charge in [0.15, 0.2) is 9.84 Å². The Kier molecular flexibility index (Phi) is 6.77. The van der Waals surface area contributed by atoms with Crippen LogP contribution in [0.4, 0.5) is 10.8 Å². The summed E-state index contributed by atoms with van der Waals surface area (Å²) in [4.78, 5) is 24.1. The van der Waals surface area contributed by atoms with Crippen molar-refractivity contribution in [3.05, 3.63) is 29.3 Å². The van der Waals surface area contributed by atoms with E-state index in [9.17, 15) is 18.0 Å². The molecule has 0 spiro atoms. The lowest BCUT2D eigenvalue weighted by Crippen LogP contribution is -2.30. The lowest BCUT2D eigenvalue weighted by Gasteiger charge is -2.10. The second-order valence-electron chi connectivity index (χ2n) is 6.28. The third-order valence-electron chi connectivity index (χ3n) is 3.98. The summed E-state index contributed by atoms with van der Waals surface area (Å²) < 4.78 is 35.0. The lowest BCUT2D eigenvalue weighted by atomic mass is 10.2. The van der Waals surface area contributed by atoms with E-state index in [-0.39, 0.29) is 11.2 Å². The number of rotatable bonds is 8. The van der Waals surface area contributed by atoms with Gasteiger partial charge >= 0.3 is 0 Å². The topological polar surface area (TPSA) is 137 Å². The van der Waals surface area contributed by atoms with E-state index >= 15 is 0 Å². The highest BCUT2D eigenvalue weighted by Crippen LogP contribution is 2.31. The molecular formula is C17H20N4O6S2. The summed E-state index contributed by atoms with van der Waals surface area (Å²) in [5.74, 6) is -2.84. The smallest absolute Gasteiger partial charge is 0.241 e. The van der Waals surface area contributed by atoms with E-state index in [2.05, 4.69) is 20.8 Å². The molecule has 0 radical (unpaired) electrons. The van der Waals surface area contributed by atoms with Gasteiger partial charge in [-0.25, -0.2) is 8.42 Å². The number of methoxy groups -OCH3 is 1. The predicted molar refractivity (Wildman–Crippen MR) is 107 cm³/mol. The van der Waals surface area contributed by atoms with Crippen LogP contribution in [-0.2, 0) is 24.2 Å². The molecule has 1 atom stereocenters. The molecule has 29 heavy (non-hydrogen) atoms.